The standard InChI is InChI=1S/C14H15N3O3S/c1-8-4-11(20-10(3)18)5-9(2)12(8)6-15-17-14-16-13(19)7-21-14/h4-6H,7H2,1-3H3,(H,16,17,19). The van der Waals surface area contributed by atoms with E-state index in [2.05, 4.69) is 15.5 Å². The van der Waals surface area contributed by atoms with Gasteiger partial charge < -0.3 is 10.1 Å². The number of amides is 1. The first-order valence-electron chi connectivity index (χ1n) is 6.29. The van der Waals surface area contributed by atoms with E-state index < -0.39 is 0 Å². The van der Waals surface area contributed by atoms with E-state index in [1.54, 1.807) is 18.3 Å². The lowest BCUT2D eigenvalue weighted by Crippen LogP contribution is -2.19. The van der Waals surface area contributed by atoms with Crippen LogP contribution in [0, 0.1) is 13.8 Å². The fraction of sp³-hybridized carbons (Fsp3) is 0.286. The molecule has 0 spiro atoms. The van der Waals surface area contributed by atoms with Crippen LogP contribution in [0.25, 0.3) is 0 Å². The molecule has 1 saturated heterocycles. The highest BCUT2D eigenvalue weighted by atomic mass is 32.2. The number of carbonyl (C=O) groups excluding carboxylic acids is 2. The van der Waals surface area contributed by atoms with Gasteiger partial charge in [-0.25, -0.2) is 0 Å². The summed E-state index contributed by atoms with van der Waals surface area (Å²) in [6.45, 7) is 5.17. The Morgan fingerprint density at radius 1 is 1.38 bits per heavy atom. The SMILES string of the molecule is CC(=O)Oc1cc(C)c(C=NN=C2NC(=O)CS2)c(C)c1. The maximum Gasteiger partial charge on any atom is 0.308 e. The predicted octanol–water partition coefficient (Wildman–Crippen LogP) is 1.78. The molecule has 1 heterocycles. The summed E-state index contributed by atoms with van der Waals surface area (Å²) in [5.74, 6) is 0.478. The molecule has 0 aliphatic carbocycles. The summed E-state index contributed by atoms with van der Waals surface area (Å²) in [6, 6.07) is 3.55. The molecule has 7 heteroatoms. The summed E-state index contributed by atoms with van der Waals surface area (Å²) in [4.78, 5) is 22.0. The molecule has 1 aromatic carbocycles. The van der Waals surface area contributed by atoms with Gasteiger partial charge in [0, 0.05) is 12.5 Å². The van der Waals surface area contributed by atoms with E-state index in [1.807, 2.05) is 13.8 Å². The highest BCUT2D eigenvalue weighted by Gasteiger charge is 2.16. The van der Waals surface area contributed by atoms with Crippen LogP contribution in [0.2, 0.25) is 0 Å². The highest BCUT2D eigenvalue weighted by Crippen LogP contribution is 2.21. The Balaban J connectivity index is 2.16. The molecule has 2 rings (SSSR count). The number of rotatable bonds is 3. The minimum absolute atomic E-state index is 0.0629. The topological polar surface area (TPSA) is 80.1 Å². The molecule has 1 fully saturated rings. The first kappa shape index (κ1) is 15.2. The lowest BCUT2D eigenvalue weighted by molar-refractivity contribution is -0.131. The number of aryl methyl sites for hydroxylation is 2. The molecule has 6 nitrogen and oxygen atoms in total. The fourth-order valence-corrected chi connectivity index (χ4v) is 2.51. The van der Waals surface area contributed by atoms with Gasteiger partial charge in [0.25, 0.3) is 0 Å². The number of ether oxygens (including phenoxy) is 1. The van der Waals surface area contributed by atoms with Gasteiger partial charge in [0.05, 0.1) is 12.0 Å². The van der Waals surface area contributed by atoms with Gasteiger partial charge in [-0.3, -0.25) is 9.59 Å². The third-order valence-electron chi connectivity index (χ3n) is 2.75. The first-order valence-corrected chi connectivity index (χ1v) is 7.27. The number of carbonyl (C=O) groups is 2. The molecule has 1 aromatic rings. The third kappa shape index (κ3) is 4.16. The van der Waals surface area contributed by atoms with E-state index >= 15 is 0 Å². The van der Waals surface area contributed by atoms with Gasteiger partial charge in [0.1, 0.15) is 5.75 Å². The van der Waals surface area contributed by atoms with Gasteiger partial charge in [-0.2, -0.15) is 5.10 Å². The Kier molecular flexibility index (Phi) is 4.74. The second-order valence-electron chi connectivity index (χ2n) is 4.55. The zero-order valence-electron chi connectivity index (χ0n) is 12.0. The quantitative estimate of drug-likeness (QED) is 0.399. The molecule has 1 amide bonds. The van der Waals surface area contributed by atoms with Crippen molar-refractivity contribution in [2.45, 2.75) is 20.8 Å². The Labute approximate surface area is 126 Å². The molecule has 110 valence electrons. The van der Waals surface area contributed by atoms with Gasteiger partial charge in [-0.1, -0.05) is 11.8 Å². The van der Waals surface area contributed by atoms with Crippen LogP contribution in [-0.2, 0) is 9.59 Å². The predicted molar refractivity (Wildman–Crippen MR) is 82.9 cm³/mol. The first-order chi connectivity index (χ1) is 9.95. The van der Waals surface area contributed by atoms with E-state index in [4.69, 9.17) is 4.74 Å². The van der Waals surface area contributed by atoms with E-state index in [0.29, 0.717) is 16.7 Å². The maximum absolute atomic E-state index is 11.0. The van der Waals surface area contributed by atoms with Crippen molar-refractivity contribution >= 4 is 35.0 Å². The van der Waals surface area contributed by atoms with Gasteiger partial charge in [0.15, 0.2) is 5.17 Å². The lowest BCUT2D eigenvalue weighted by atomic mass is 10.0. The highest BCUT2D eigenvalue weighted by molar-refractivity contribution is 8.15. The molecule has 21 heavy (non-hydrogen) atoms. The van der Waals surface area contributed by atoms with Crippen LogP contribution in [-0.4, -0.2) is 29.0 Å². The number of esters is 1. The van der Waals surface area contributed by atoms with E-state index in [-0.39, 0.29) is 11.9 Å². The van der Waals surface area contributed by atoms with E-state index in [1.165, 1.54) is 18.7 Å². The van der Waals surface area contributed by atoms with Gasteiger partial charge >= 0.3 is 5.97 Å². The summed E-state index contributed by atoms with van der Waals surface area (Å²) in [5.41, 5.74) is 2.76. The molecule has 1 N–H and O–H groups in total. The molecule has 0 atom stereocenters. The Morgan fingerprint density at radius 3 is 2.57 bits per heavy atom. The second kappa shape index (κ2) is 6.53. The number of nitrogens with zero attached hydrogens (tertiary/aromatic N) is 2. The summed E-state index contributed by atoms with van der Waals surface area (Å²) < 4.78 is 5.07. The molecule has 1 aliphatic heterocycles. The number of hydrogen-bond acceptors (Lipinski definition) is 6. The van der Waals surface area contributed by atoms with Crippen molar-refractivity contribution in [3.8, 4) is 5.75 Å². The number of thioether (sulfide) groups is 1. The molecule has 0 saturated carbocycles. The molecular weight excluding hydrogens is 290 g/mol. The molecule has 0 aromatic heterocycles. The largest absolute Gasteiger partial charge is 0.427 e. The van der Waals surface area contributed by atoms with Gasteiger partial charge in [-0.15, -0.1) is 5.10 Å². The minimum atomic E-state index is -0.351. The summed E-state index contributed by atoms with van der Waals surface area (Å²) in [5, 5.41) is 11.0. The van der Waals surface area contributed by atoms with E-state index in [9.17, 15) is 9.59 Å². The average molecular weight is 305 g/mol. The maximum atomic E-state index is 11.0. The lowest BCUT2D eigenvalue weighted by Gasteiger charge is -2.08. The van der Waals surface area contributed by atoms with Crippen LogP contribution < -0.4 is 10.1 Å². The fourth-order valence-electron chi connectivity index (χ4n) is 1.88. The van der Waals surface area contributed by atoms with Crippen molar-refractivity contribution in [3.63, 3.8) is 0 Å². The average Bonchev–Trinajstić information content (AvgIpc) is 2.77. The van der Waals surface area contributed by atoms with Crippen LogP contribution in [0.4, 0.5) is 0 Å². The van der Waals surface area contributed by atoms with Crippen LogP contribution in [0.3, 0.4) is 0 Å². The molecule has 0 radical (unpaired) electrons. The second-order valence-corrected chi connectivity index (χ2v) is 5.52. The minimum Gasteiger partial charge on any atom is -0.427 e. The van der Waals surface area contributed by atoms with Crippen LogP contribution >= 0.6 is 11.8 Å². The number of benzene rings is 1. The summed E-state index contributed by atoms with van der Waals surface area (Å²) >= 11 is 1.32. The van der Waals surface area contributed by atoms with Crippen LogP contribution in [0.15, 0.2) is 22.3 Å². The van der Waals surface area contributed by atoms with Crippen molar-refractivity contribution in [3.05, 3.63) is 28.8 Å². The zero-order valence-corrected chi connectivity index (χ0v) is 12.8. The molecule has 0 bridgehead atoms. The van der Waals surface area contributed by atoms with Gasteiger partial charge in [0.2, 0.25) is 5.91 Å². The molecule has 0 unspecified atom stereocenters. The number of hydrogen-bond donors (Lipinski definition) is 1. The number of amidine groups is 1. The van der Waals surface area contributed by atoms with Crippen molar-refractivity contribution in [2.75, 3.05) is 5.75 Å². The van der Waals surface area contributed by atoms with Crippen LogP contribution in [0.5, 0.6) is 5.75 Å². The van der Waals surface area contributed by atoms with E-state index in [0.717, 1.165) is 16.7 Å². The van der Waals surface area contributed by atoms with Crippen molar-refractivity contribution in [1.29, 1.82) is 0 Å². The van der Waals surface area contributed by atoms with Gasteiger partial charge in [-0.05, 0) is 37.1 Å². The van der Waals surface area contributed by atoms with Crippen molar-refractivity contribution in [1.82, 2.24) is 5.32 Å². The Hall–Kier alpha value is -2.15. The Morgan fingerprint density at radius 2 is 2.05 bits per heavy atom. The van der Waals surface area contributed by atoms with Crippen LogP contribution in [0.1, 0.15) is 23.6 Å². The monoisotopic (exact) mass is 305 g/mol. The Bertz CT molecular complexity index is 630. The summed E-state index contributed by atoms with van der Waals surface area (Å²) in [7, 11) is 0. The van der Waals surface area contributed by atoms with Crippen molar-refractivity contribution < 1.29 is 14.3 Å². The molecule has 1 aliphatic rings. The zero-order chi connectivity index (χ0) is 15.4. The molecular formula is C14H15N3O3S. The third-order valence-corrected chi connectivity index (χ3v) is 3.61. The normalized spacial score (nSPS) is 16.5. The number of nitrogens with one attached hydrogen (secondary N) is 1. The smallest absolute Gasteiger partial charge is 0.308 e. The summed E-state index contributed by atoms with van der Waals surface area (Å²) in [6.07, 6.45) is 1.63. The van der Waals surface area contributed by atoms with Crippen molar-refractivity contribution in [2.24, 2.45) is 10.2 Å².